The molecule has 2 bridgehead atoms. The van der Waals surface area contributed by atoms with Gasteiger partial charge in [0, 0.05) is 25.7 Å². The van der Waals surface area contributed by atoms with E-state index >= 15 is 0 Å². The van der Waals surface area contributed by atoms with Crippen LogP contribution in [0.5, 0.6) is 0 Å². The Morgan fingerprint density at radius 1 is 1.27 bits per heavy atom. The van der Waals surface area contributed by atoms with Crippen LogP contribution < -0.4 is 10.6 Å². The third-order valence-electron chi connectivity index (χ3n) is 5.33. The lowest BCUT2D eigenvalue weighted by Crippen LogP contribution is -2.57. The van der Waals surface area contributed by atoms with E-state index in [2.05, 4.69) is 46.7 Å². The number of rotatable bonds is 5. The summed E-state index contributed by atoms with van der Waals surface area (Å²) in [5, 5.41) is 7.50. The van der Waals surface area contributed by atoms with Crippen molar-refractivity contribution in [1.82, 2.24) is 15.5 Å². The lowest BCUT2D eigenvalue weighted by atomic mass is 9.74. The van der Waals surface area contributed by atoms with Crippen LogP contribution in [0.15, 0.2) is 30.3 Å². The fourth-order valence-electron chi connectivity index (χ4n) is 3.98. The topological polar surface area (TPSA) is 27.3 Å². The first kappa shape index (κ1) is 15.8. The van der Waals surface area contributed by atoms with Crippen LogP contribution >= 0.6 is 12.2 Å². The zero-order valence-electron chi connectivity index (χ0n) is 13.4. The van der Waals surface area contributed by atoms with Gasteiger partial charge in [0.05, 0.1) is 0 Å². The Morgan fingerprint density at radius 2 is 2.09 bits per heavy atom. The van der Waals surface area contributed by atoms with Crippen LogP contribution in [0.3, 0.4) is 0 Å². The van der Waals surface area contributed by atoms with Gasteiger partial charge in [-0.2, -0.15) is 0 Å². The van der Waals surface area contributed by atoms with Gasteiger partial charge in [-0.25, -0.2) is 0 Å². The average molecular weight is 318 g/mol. The molecule has 0 spiro atoms. The highest BCUT2D eigenvalue weighted by Crippen LogP contribution is 2.37. The molecule has 0 amide bonds. The maximum Gasteiger partial charge on any atom is 0.166 e. The fraction of sp³-hybridized carbons (Fsp3) is 0.611. The van der Waals surface area contributed by atoms with Crippen molar-refractivity contribution in [3.05, 3.63) is 35.9 Å². The van der Waals surface area contributed by atoms with Crippen LogP contribution in [0.4, 0.5) is 0 Å². The first-order chi connectivity index (χ1) is 10.8. The van der Waals surface area contributed by atoms with E-state index in [1.807, 2.05) is 6.07 Å². The molecule has 0 saturated carbocycles. The quantitative estimate of drug-likeness (QED) is 0.817. The van der Waals surface area contributed by atoms with Gasteiger partial charge in [0.2, 0.25) is 0 Å². The molecule has 120 valence electrons. The van der Waals surface area contributed by atoms with Crippen molar-refractivity contribution in [2.45, 2.75) is 38.8 Å². The lowest BCUT2D eigenvalue weighted by Gasteiger charge is -2.50. The summed E-state index contributed by atoms with van der Waals surface area (Å²) in [6.07, 6.45) is 4.07. The maximum atomic E-state index is 5.41. The van der Waals surface area contributed by atoms with E-state index in [0.717, 1.165) is 30.0 Å². The first-order valence-corrected chi connectivity index (χ1v) is 8.96. The highest BCUT2D eigenvalue weighted by atomic mass is 32.1. The number of benzene rings is 1. The molecule has 1 aromatic carbocycles. The Hall–Kier alpha value is -1.13. The smallest absolute Gasteiger partial charge is 0.166 e. The Kier molecular flexibility index (Phi) is 5.32. The van der Waals surface area contributed by atoms with Crippen molar-refractivity contribution < 1.29 is 0 Å². The summed E-state index contributed by atoms with van der Waals surface area (Å²) >= 11 is 5.41. The molecule has 0 aliphatic carbocycles. The number of piperidine rings is 3. The zero-order chi connectivity index (χ0) is 15.4. The molecule has 3 aliphatic rings. The van der Waals surface area contributed by atoms with Crippen LogP contribution in [-0.4, -0.2) is 35.7 Å². The Morgan fingerprint density at radius 3 is 2.77 bits per heavy atom. The molecule has 3 saturated heterocycles. The van der Waals surface area contributed by atoms with Crippen molar-refractivity contribution in [2.24, 2.45) is 11.8 Å². The van der Waals surface area contributed by atoms with Crippen molar-refractivity contribution >= 4 is 17.3 Å². The Labute approximate surface area is 139 Å². The number of thiocarbonyl (C=S) groups is 1. The monoisotopic (exact) mass is 317 g/mol. The summed E-state index contributed by atoms with van der Waals surface area (Å²) in [5.74, 6) is 1.86. The van der Waals surface area contributed by atoms with E-state index in [0.29, 0.717) is 6.04 Å². The van der Waals surface area contributed by atoms with Gasteiger partial charge < -0.3 is 10.6 Å². The van der Waals surface area contributed by atoms with Gasteiger partial charge in [-0.1, -0.05) is 43.7 Å². The summed E-state index contributed by atoms with van der Waals surface area (Å²) in [7, 11) is 0. The number of nitrogens with zero attached hydrogens (tertiary/aromatic N) is 1. The molecule has 3 nitrogen and oxygen atoms in total. The molecule has 1 aromatic rings. The van der Waals surface area contributed by atoms with Gasteiger partial charge in [-0.05, 0) is 49.0 Å². The van der Waals surface area contributed by atoms with E-state index in [9.17, 15) is 0 Å². The van der Waals surface area contributed by atoms with E-state index in [4.69, 9.17) is 12.2 Å². The summed E-state index contributed by atoms with van der Waals surface area (Å²) in [5.41, 5.74) is 1.26. The minimum absolute atomic E-state index is 0.665. The van der Waals surface area contributed by atoms with Crippen LogP contribution in [-0.2, 0) is 6.54 Å². The molecule has 3 heterocycles. The van der Waals surface area contributed by atoms with Crippen LogP contribution in [0.25, 0.3) is 0 Å². The highest BCUT2D eigenvalue weighted by molar-refractivity contribution is 7.80. The number of nitrogens with one attached hydrogen (secondary N) is 2. The van der Waals surface area contributed by atoms with Gasteiger partial charge >= 0.3 is 0 Å². The normalized spacial score (nSPS) is 30.0. The minimum Gasteiger partial charge on any atom is -0.361 e. The average Bonchev–Trinajstić information content (AvgIpc) is 2.59. The minimum atomic E-state index is 0.665. The molecule has 1 unspecified atom stereocenters. The van der Waals surface area contributed by atoms with E-state index in [-0.39, 0.29) is 0 Å². The first-order valence-electron chi connectivity index (χ1n) is 8.56. The second-order valence-corrected chi connectivity index (χ2v) is 7.06. The molecular weight excluding hydrogens is 290 g/mol. The van der Waals surface area contributed by atoms with Gasteiger partial charge in [0.25, 0.3) is 0 Å². The predicted molar refractivity (Wildman–Crippen MR) is 95.7 cm³/mol. The van der Waals surface area contributed by atoms with Crippen LogP contribution in [0.2, 0.25) is 0 Å². The third kappa shape index (κ3) is 3.79. The molecule has 4 atom stereocenters. The van der Waals surface area contributed by atoms with Gasteiger partial charge in [0.15, 0.2) is 5.11 Å². The van der Waals surface area contributed by atoms with Crippen LogP contribution in [0.1, 0.15) is 31.7 Å². The Balaban J connectivity index is 1.40. The SMILES string of the molecule is CC[C@H]1CN2CC[C@H]1C[C@@H]2CNC(=S)NCc1ccccc1. The molecule has 3 fully saturated rings. The maximum absolute atomic E-state index is 5.41. The number of hydrogen-bond acceptors (Lipinski definition) is 2. The second kappa shape index (κ2) is 7.42. The number of fused-ring (bicyclic) bond motifs is 3. The summed E-state index contributed by atoms with van der Waals surface area (Å²) in [4.78, 5) is 2.67. The van der Waals surface area contributed by atoms with Crippen molar-refractivity contribution in [2.75, 3.05) is 19.6 Å². The summed E-state index contributed by atoms with van der Waals surface area (Å²) in [6.45, 7) is 6.67. The summed E-state index contributed by atoms with van der Waals surface area (Å²) < 4.78 is 0. The van der Waals surface area contributed by atoms with Gasteiger partial charge in [-0.15, -0.1) is 0 Å². The predicted octanol–water partition coefficient (Wildman–Crippen LogP) is 2.77. The highest BCUT2D eigenvalue weighted by Gasteiger charge is 2.38. The third-order valence-corrected chi connectivity index (χ3v) is 5.62. The summed E-state index contributed by atoms with van der Waals surface area (Å²) in [6, 6.07) is 11.1. The molecule has 22 heavy (non-hydrogen) atoms. The molecule has 4 heteroatoms. The second-order valence-electron chi connectivity index (χ2n) is 6.65. The molecule has 4 rings (SSSR count). The molecule has 2 N–H and O–H groups in total. The van der Waals surface area contributed by atoms with Crippen molar-refractivity contribution in [3.63, 3.8) is 0 Å². The Bertz CT molecular complexity index is 490. The van der Waals surface area contributed by atoms with E-state index < -0.39 is 0 Å². The largest absolute Gasteiger partial charge is 0.361 e. The lowest BCUT2D eigenvalue weighted by molar-refractivity contribution is 0.00205. The van der Waals surface area contributed by atoms with Crippen molar-refractivity contribution in [3.8, 4) is 0 Å². The zero-order valence-corrected chi connectivity index (χ0v) is 14.2. The molecule has 0 aromatic heterocycles. The van der Waals surface area contributed by atoms with Crippen molar-refractivity contribution in [1.29, 1.82) is 0 Å². The molecule has 0 radical (unpaired) electrons. The standard InChI is InChI=1S/C18H27N3S/c1-2-15-13-21-9-8-16(15)10-17(21)12-20-18(22)19-11-14-6-4-3-5-7-14/h3-7,15-17H,2,8-13H2,1H3,(H2,19,20,22)/t15-,16-,17+/m0/s1. The molecular formula is C18H27N3S. The van der Waals surface area contributed by atoms with Gasteiger partial charge in [0.1, 0.15) is 0 Å². The molecule has 3 aliphatic heterocycles. The number of hydrogen-bond donors (Lipinski definition) is 2. The fourth-order valence-corrected chi connectivity index (χ4v) is 4.13. The van der Waals surface area contributed by atoms with E-state index in [1.165, 1.54) is 37.9 Å². The van der Waals surface area contributed by atoms with Crippen LogP contribution in [0, 0.1) is 11.8 Å². The van der Waals surface area contributed by atoms with Gasteiger partial charge in [-0.3, -0.25) is 4.90 Å². The van der Waals surface area contributed by atoms with E-state index in [1.54, 1.807) is 0 Å².